The molecule has 1 rings (SSSR count). The molecule has 0 aliphatic heterocycles. The number of hydrogen-bond acceptors (Lipinski definition) is 3. The molecule has 106 valence electrons. The van der Waals surface area contributed by atoms with E-state index in [1.165, 1.54) is 23.9 Å². The molecule has 0 saturated carbocycles. The molecule has 0 heterocycles. The highest BCUT2D eigenvalue weighted by Gasteiger charge is 2.02. The number of amides is 1. The molecule has 5 heteroatoms. The molecule has 0 atom stereocenters. The summed E-state index contributed by atoms with van der Waals surface area (Å²) >= 11 is 1.40. The summed E-state index contributed by atoms with van der Waals surface area (Å²) in [7, 11) is 0. The number of rotatable bonds is 9. The fraction of sp³-hybridized carbons (Fsp3) is 0.500. The topological polar surface area (TPSA) is 49.3 Å². The average molecular weight is 285 g/mol. The van der Waals surface area contributed by atoms with Gasteiger partial charge in [-0.05, 0) is 37.1 Å². The van der Waals surface area contributed by atoms with Crippen molar-refractivity contribution in [1.29, 1.82) is 0 Å². The number of carbonyl (C=O) groups is 1. The summed E-state index contributed by atoms with van der Waals surface area (Å²) in [6.07, 6.45) is 3.78. The molecule has 0 bridgehead atoms. The minimum absolute atomic E-state index is 0.00326. The predicted molar refractivity (Wildman–Crippen MR) is 75.7 cm³/mol. The lowest BCUT2D eigenvalue weighted by atomic mass is 10.2. The molecular weight excluding hydrogens is 265 g/mol. The summed E-state index contributed by atoms with van der Waals surface area (Å²) in [5.74, 6) is 0.0793. The Hall–Kier alpha value is -1.07. The van der Waals surface area contributed by atoms with E-state index in [0.717, 1.165) is 30.6 Å². The van der Waals surface area contributed by atoms with Crippen LogP contribution in [0, 0.1) is 5.82 Å². The number of halogens is 1. The molecule has 1 aromatic carbocycles. The number of unbranched alkanes of at least 4 members (excludes halogenated alkanes) is 3. The quantitative estimate of drug-likeness (QED) is 0.541. The normalized spacial score (nSPS) is 10.4. The van der Waals surface area contributed by atoms with Crippen LogP contribution in [0.3, 0.4) is 0 Å². The summed E-state index contributed by atoms with van der Waals surface area (Å²) in [4.78, 5) is 12.4. The van der Waals surface area contributed by atoms with Crippen LogP contribution in [0.1, 0.15) is 25.7 Å². The number of aliphatic hydroxyl groups is 1. The molecule has 0 fully saturated rings. The predicted octanol–water partition coefficient (Wildman–Crippen LogP) is 2.59. The van der Waals surface area contributed by atoms with E-state index in [-0.39, 0.29) is 18.3 Å². The number of aliphatic hydroxyl groups excluding tert-OH is 1. The van der Waals surface area contributed by atoms with Crippen LogP contribution in [0.5, 0.6) is 0 Å². The number of benzene rings is 1. The van der Waals surface area contributed by atoms with Gasteiger partial charge in [0.15, 0.2) is 0 Å². The van der Waals surface area contributed by atoms with Crippen molar-refractivity contribution in [3.05, 3.63) is 30.1 Å². The monoisotopic (exact) mass is 285 g/mol. The largest absolute Gasteiger partial charge is 0.396 e. The van der Waals surface area contributed by atoms with Gasteiger partial charge in [0.05, 0.1) is 5.75 Å². The summed E-state index contributed by atoms with van der Waals surface area (Å²) in [6, 6.07) is 6.12. The summed E-state index contributed by atoms with van der Waals surface area (Å²) in [6.45, 7) is 0.912. The van der Waals surface area contributed by atoms with Crippen molar-refractivity contribution in [3.63, 3.8) is 0 Å². The lowest BCUT2D eigenvalue weighted by molar-refractivity contribution is -0.118. The number of carbonyl (C=O) groups excluding carboxylic acids is 1. The molecule has 1 amide bonds. The average Bonchev–Trinajstić information content (AvgIpc) is 2.42. The Morgan fingerprint density at radius 1 is 1.16 bits per heavy atom. The third kappa shape index (κ3) is 7.85. The van der Waals surface area contributed by atoms with Crippen molar-refractivity contribution in [2.24, 2.45) is 0 Å². The van der Waals surface area contributed by atoms with Crippen LogP contribution in [-0.2, 0) is 4.79 Å². The maximum absolute atomic E-state index is 12.7. The number of thioether (sulfide) groups is 1. The van der Waals surface area contributed by atoms with Crippen molar-refractivity contribution < 1.29 is 14.3 Å². The van der Waals surface area contributed by atoms with Crippen LogP contribution >= 0.6 is 11.8 Å². The van der Waals surface area contributed by atoms with Crippen molar-refractivity contribution in [2.45, 2.75) is 30.6 Å². The smallest absolute Gasteiger partial charge is 0.230 e. The number of nitrogens with one attached hydrogen (secondary N) is 1. The second-order valence-corrected chi connectivity index (χ2v) is 5.28. The van der Waals surface area contributed by atoms with Gasteiger partial charge in [-0.3, -0.25) is 4.79 Å². The van der Waals surface area contributed by atoms with E-state index in [4.69, 9.17) is 5.11 Å². The van der Waals surface area contributed by atoms with Crippen molar-refractivity contribution >= 4 is 17.7 Å². The molecule has 1 aromatic rings. The zero-order valence-electron chi connectivity index (χ0n) is 10.9. The molecule has 0 unspecified atom stereocenters. The highest BCUT2D eigenvalue weighted by atomic mass is 32.2. The van der Waals surface area contributed by atoms with E-state index in [2.05, 4.69) is 5.32 Å². The highest BCUT2D eigenvalue weighted by Crippen LogP contribution is 2.17. The van der Waals surface area contributed by atoms with Gasteiger partial charge in [0.25, 0.3) is 0 Å². The zero-order chi connectivity index (χ0) is 13.9. The summed E-state index contributed by atoms with van der Waals surface area (Å²) in [5, 5.41) is 11.5. The van der Waals surface area contributed by atoms with E-state index in [1.54, 1.807) is 12.1 Å². The van der Waals surface area contributed by atoms with Gasteiger partial charge in [0, 0.05) is 18.0 Å². The second kappa shape index (κ2) is 9.81. The Bertz CT molecular complexity index is 370. The molecule has 19 heavy (non-hydrogen) atoms. The SMILES string of the molecule is O=C(CSc1ccc(F)cc1)NCCCCCCO. The van der Waals surface area contributed by atoms with Gasteiger partial charge in [-0.25, -0.2) is 4.39 Å². The third-order valence-electron chi connectivity index (χ3n) is 2.59. The summed E-state index contributed by atoms with van der Waals surface area (Å²) < 4.78 is 12.7. The van der Waals surface area contributed by atoms with Crippen LogP contribution in [0.2, 0.25) is 0 Å². The van der Waals surface area contributed by atoms with E-state index in [0.29, 0.717) is 12.3 Å². The van der Waals surface area contributed by atoms with Crippen molar-refractivity contribution in [2.75, 3.05) is 18.9 Å². The maximum atomic E-state index is 12.7. The molecule has 2 N–H and O–H groups in total. The fourth-order valence-electron chi connectivity index (χ4n) is 1.55. The van der Waals surface area contributed by atoms with Gasteiger partial charge < -0.3 is 10.4 Å². The first kappa shape index (κ1) is 16.0. The number of hydrogen-bond donors (Lipinski definition) is 2. The fourth-order valence-corrected chi connectivity index (χ4v) is 2.28. The Labute approximate surface area is 117 Å². The molecule has 0 saturated heterocycles. The molecule has 3 nitrogen and oxygen atoms in total. The van der Waals surface area contributed by atoms with Crippen molar-refractivity contribution in [3.8, 4) is 0 Å². The molecule has 0 radical (unpaired) electrons. The molecule has 0 aliphatic carbocycles. The highest BCUT2D eigenvalue weighted by molar-refractivity contribution is 8.00. The van der Waals surface area contributed by atoms with Gasteiger partial charge in [-0.2, -0.15) is 0 Å². The van der Waals surface area contributed by atoms with Gasteiger partial charge in [-0.15, -0.1) is 11.8 Å². The first-order valence-corrected chi connectivity index (χ1v) is 7.47. The van der Waals surface area contributed by atoms with Crippen LogP contribution in [-0.4, -0.2) is 29.9 Å². The standard InChI is InChI=1S/C14H20FNO2S/c15-12-5-7-13(8-6-12)19-11-14(18)16-9-3-1-2-4-10-17/h5-8,17H,1-4,9-11H2,(H,16,18). The molecule has 0 aliphatic rings. The van der Waals surface area contributed by atoms with Crippen LogP contribution < -0.4 is 5.32 Å². The Balaban J connectivity index is 2.06. The lowest BCUT2D eigenvalue weighted by Crippen LogP contribution is -2.26. The maximum Gasteiger partial charge on any atom is 0.230 e. The molecule has 0 aromatic heterocycles. The van der Waals surface area contributed by atoms with Crippen LogP contribution in [0.4, 0.5) is 4.39 Å². The van der Waals surface area contributed by atoms with Crippen LogP contribution in [0.25, 0.3) is 0 Å². The van der Waals surface area contributed by atoms with Gasteiger partial charge in [0.1, 0.15) is 5.82 Å². The second-order valence-electron chi connectivity index (χ2n) is 4.23. The van der Waals surface area contributed by atoms with Gasteiger partial charge >= 0.3 is 0 Å². The van der Waals surface area contributed by atoms with Gasteiger partial charge in [-0.1, -0.05) is 12.8 Å². The lowest BCUT2D eigenvalue weighted by Gasteiger charge is -2.05. The Kier molecular flexibility index (Phi) is 8.25. The minimum Gasteiger partial charge on any atom is -0.396 e. The first-order valence-electron chi connectivity index (χ1n) is 6.48. The third-order valence-corrected chi connectivity index (χ3v) is 3.60. The summed E-state index contributed by atoms with van der Waals surface area (Å²) in [5.41, 5.74) is 0. The molecular formula is C14H20FNO2S. The van der Waals surface area contributed by atoms with E-state index < -0.39 is 0 Å². The van der Waals surface area contributed by atoms with Gasteiger partial charge in [0.2, 0.25) is 5.91 Å². The Morgan fingerprint density at radius 2 is 1.84 bits per heavy atom. The first-order chi connectivity index (χ1) is 9.22. The Morgan fingerprint density at radius 3 is 2.53 bits per heavy atom. The van der Waals surface area contributed by atoms with Crippen LogP contribution in [0.15, 0.2) is 29.2 Å². The van der Waals surface area contributed by atoms with E-state index in [9.17, 15) is 9.18 Å². The minimum atomic E-state index is -0.267. The molecule has 0 spiro atoms. The van der Waals surface area contributed by atoms with Crippen molar-refractivity contribution in [1.82, 2.24) is 5.32 Å². The van der Waals surface area contributed by atoms with E-state index in [1.807, 2.05) is 0 Å². The van der Waals surface area contributed by atoms with E-state index >= 15 is 0 Å². The zero-order valence-corrected chi connectivity index (χ0v) is 11.7.